The van der Waals surface area contributed by atoms with Crippen LogP contribution in [0.4, 0.5) is 5.69 Å². The van der Waals surface area contributed by atoms with Crippen LogP contribution >= 0.6 is 0 Å². The predicted octanol–water partition coefficient (Wildman–Crippen LogP) is 1.79. The van der Waals surface area contributed by atoms with E-state index in [1.165, 1.54) is 28.6 Å². The molecule has 2 N–H and O–H groups in total. The van der Waals surface area contributed by atoms with Gasteiger partial charge in [0, 0.05) is 43.8 Å². The minimum atomic E-state index is -0.493. The first kappa shape index (κ1) is 21.6. The number of piperidine rings is 1. The van der Waals surface area contributed by atoms with Crippen molar-refractivity contribution in [1.29, 1.82) is 0 Å². The van der Waals surface area contributed by atoms with Crippen LogP contribution < -0.4 is 5.32 Å². The highest BCUT2D eigenvalue weighted by atomic mass is 16.6. The van der Waals surface area contributed by atoms with Crippen LogP contribution in [0.15, 0.2) is 60.8 Å². The van der Waals surface area contributed by atoms with Gasteiger partial charge in [0.25, 0.3) is 11.6 Å². The Morgan fingerprint density at radius 2 is 2.03 bits per heavy atom. The molecule has 10 heteroatoms. The number of benzene rings is 2. The van der Waals surface area contributed by atoms with Crippen LogP contribution in [0.2, 0.25) is 0 Å². The fourth-order valence-electron chi connectivity index (χ4n) is 3.92. The summed E-state index contributed by atoms with van der Waals surface area (Å²) < 4.78 is 1.33. The van der Waals surface area contributed by atoms with Crippen LogP contribution in [0.5, 0.6) is 0 Å². The normalized spacial score (nSPS) is 18.9. The number of carbonyl (C=O) groups excluding carboxylic acids is 1. The molecule has 2 aromatic carbocycles. The molecule has 0 aliphatic carbocycles. The first-order valence-corrected chi connectivity index (χ1v) is 10.4. The average Bonchev–Trinajstić information content (AvgIpc) is 3.31. The molecule has 2 atom stereocenters. The van der Waals surface area contributed by atoms with Gasteiger partial charge in [-0.15, -0.1) is 5.10 Å². The molecule has 1 aliphatic rings. The molecule has 166 valence electrons. The molecule has 1 fully saturated rings. The van der Waals surface area contributed by atoms with E-state index in [4.69, 9.17) is 0 Å². The van der Waals surface area contributed by atoms with E-state index >= 15 is 0 Å². The molecule has 1 saturated heterocycles. The number of non-ortho nitro benzene ring substituents is 1. The topological polar surface area (TPSA) is 126 Å². The quantitative estimate of drug-likeness (QED) is 0.427. The average molecular weight is 436 g/mol. The molecule has 32 heavy (non-hydrogen) atoms. The van der Waals surface area contributed by atoms with Crippen molar-refractivity contribution in [2.45, 2.75) is 19.0 Å². The maximum absolute atomic E-state index is 12.8. The Balaban J connectivity index is 1.44. The van der Waals surface area contributed by atoms with E-state index in [1.54, 1.807) is 12.1 Å². The van der Waals surface area contributed by atoms with Gasteiger partial charge < -0.3 is 10.4 Å². The van der Waals surface area contributed by atoms with Crippen molar-refractivity contribution in [2.24, 2.45) is 5.92 Å². The Kier molecular flexibility index (Phi) is 6.52. The summed E-state index contributed by atoms with van der Waals surface area (Å²) in [5.41, 5.74) is 1.66. The summed E-state index contributed by atoms with van der Waals surface area (Å²) in [6.07, 6.45) is 2.21. The third-order valence-electron chi connectivity index (χ3n) is 5.67. The van der Waals surface area contributed by atoms with Crippen molar-refractivity contribution in [3.8, 4) is 5.69 Å². The number of rotatable bonds is 7. The molecule has 1 amide bonds. The molecule has 1 aliphatic heterocycles. The van der Waals surface area contributed by atoms with E-state index in [0.29, 0.717) is 12.2 Å². The van der Waals surface area contributed by atoms with Gasteiger partial charge in [0.15, 0.2) is 5.69 Å². The van der Waals surface area contributed by atoms with Gasteiger partial charge in [0.1, 0.15) is 0 Å². The number of aliphatic hydroxyl groups excluding tert-OH is 1. The Morgan fingerprint density at radius 1 is 1.22 bits per heavy atom. The molecule has 4 rings (SSSR count). The van der Waals surface area contributed by atoms with Crippen LogP contribution in [0, 0.1) is 16.0 Å². The van der Waals surface area contributed by atoms with Crippen LogP contribution in [-0.4, -0.2) is 61.6 Å². The third kappa shape index (κ3) is 4.98. The Labute approximate surface area is 184 Å². The summed E-state index contributed by atoms with van der Waals surface area (Å²) >= 11 is 0. The zero-order valence-corrected chi connectivity index (χ0v) is 17.4. The fraction of sp³-hybridized carbons (Fsp3) is 0.318. The fourth-order valence-corrected chi connectivity index (χ4v) is 3.92. The van der Waals surface area contributed by atoms with Gasteiger partial charge in [0.05, 0.1) is 16.8 Å². The third-order valence-corrected chi connectivity index (χ3v) is 5.67. The summed E-state index contributed by atoms with van der Waals surface area (Å²) in [4.78, 5) is 25.6. The second-order valence-electron chi connectivity index (χ2n) is 7.86. The van der Waals surface area contributed by atoms with Crippen molar-refractivity contribution in [1.82, 2.24) is 25.2 Å². The standard InChI is InChI=1S/C22H24N6O4/c29-15-17-9-10-26(12-16-5-2-1-3-6-16)13-20(17)23-22(30)21-14-27(25-24-21)18-7-4-8-19(11-18)28(31)32/h1-8,11,14,17,20,29H,9-10,12-13,15H2,(H,23,30)/t17-,20-/m1/s1. The number of nitro groups is 1. The number of nitrogens with zero attached hydrogens (tertiary/aromatic N) is 5. The number of hydrogen-bond acceptors (Lipinski definition) is 7. The van der Waals surface area contributed by atoms with E-state index in [2.05, 4.69) is 32.7 Å². The summed E-state index contributed by atoms with van der Waals surface area (Å²) in [6, 6.07) is 15.8. The summed E-state index contributed by atoms with van der Waals surface area (Å²) in [6.45, 7) is 2.22. The number of hydrogen-bond donors (Lipinski definition) is 2. The van der Waals surface area contributed by atoms with Crippen LogP contribution in [0.1, 0.15) is 22.5 Å². The lowest BCUT2D eigenvalue weighted by Gasteiger charge is -2.38. The van der Waals surface area contributed by atoms with Crippen molar-refractivity contribution >= 4 is 11.6 Å². The second-order valence-corrected chi connectivity index (χ2v) is 7.86. The molecule has 0 saturated carbocycles. The highest BCUT2D eigenvalue weighted by molar-refractivity contribution is 5.92. The molecule has 0 spiro atoms. The van der Waals surface area contributed by atoms with E-state index in [9.17, 15) is 20.0 Å². The maximum atomic E-state index is 12.8. The van der Waals surface area contributed by atoms with Crippen LogP contribution in [-0.2, 0) is 6.54 Å². The minimum Gasteiger partial charge on any atom is -0.396 e. The Morgan fingerprint density at radius 3 is 2.78 bits per heavy atom. The zero-order valence-electron chi connectivity index (χ0n) is 17.4. The van der Waals surface area contributed by atoms with Gasteiger partial charge >= 0.3 is 0 Å². The zero-order chi connectivity index (χ0) is 22.5. The number of nitrogens with one attached hydrogen (secondary N) is 1. The number of carbonyl (C=O) groups is 1. The SMILES string of the molecule is O=C(N[C@@H]1CN(Cc2ccccc2)CC[C@@H]1CO)c1cn(-c2cccc([N+](=O)[O-])c2)nn1. The smallest absolute Gasteiger partial charge is 0.273 e. The Hall–Kier alpha value is -3.63. The van der Waals surface area contributed by atoms with Gasteiger partial charge in [-0.05, 0) is 24.6 Å². The van der Waals surface area contributed by atoms with Crippen LogP contribution in [0.3, 0.4) is 0 Å². The molecular formula is C22H24N6O4. The molecule has 0 bridgehead atoms. The number of aliphatic hydroxyl groups is 1. The number of amides is 1. The highest BCUT2D eigenvalue weighted by Gasteiger charge is 2.30. The molecule has 0 unspecified atom stereocenters. The number of likely N-dealkylation sites (tertiary alicyclic amines) is 1. The molecule has 2 heterocycles. The molecule has 10 nitrogen and oxygen atoms in total. The first-order chi connectivity index (χ1) is 15.5. The highest BCUT2D eigenvalue weighted by Crippen LogP contribution is 2.20. The largest absolute Gasteiger partial charge is 0.396 e. The van der Waals surface area contributed by atoms with Crippen molar-refractivity contribution in [2.75, 3.05) is 19.7 Å². The minimum absolute atomic E-state index is 0.00943. The summed E-state index contributed by atoms with van der Waals surface area (Å²) in [7, 11) is 0. The summed E-state index contributed by atoms with van der Waals surface area (Å²) in [5.74, 6) is -0.440. The number of nitro benzene ring substituents is 1. The first-order valence-electron chi connectivity index (χ1n) is 10.4. The van der Waals surface area contributed by atoms with E-state index in [-0.39, 0.29) is 29.9 Å². The van der Waals surface area contributed by atoms with E-state index in [1.807, 2.05) is 18.2 Å². The van der Waals surface area contributed by atoms with E-state index in [0.717, 1.165) is 19.5 Å². The van der Waals surface area contributed by atoms with Gasteiger partial charge in [-0.3, -0.25) is 19.8 Å². The Bertz CT molecular complexity index is 1090. The number of aromatic nitrogens is 3. The van der Waals surface area contributed by atoms with E-state index < -0.39 is 10.8 Å². The lowest BCUT2D eigenvalue weighted by molar-refractivity contribution is -0.384. The summed E-state index contributed by atoms with van der Waals surface area (Å²) in [5, 5.41) is 31.6. The second kappa shape index (κ2) is 9.67. The lowest BCUT2D eigenvalue weighted by atomic mass is 9.92. The van der Waals surface area contributed by atoms with Crippen molar-refractivity contribution in [3.05, 3.63) is 82.2 Å². The molecule has 1 aromatic heterocycles. The molecule has 0 radical (unpaired) electrons. The monoisotopic (exact) mass is 436 g/mol. The van der Waals surface area contributed by atoms with Crippen molar-refractivity contribution < 1.29 is 14.8 Å². The van der Waals surface area contributed by atoms with Gasteiger partial charge in [-0.25, -0.2) is 4.68 Å². The lowest BCUT2D eigenvalue weighted by Crippen LogP contribution is -2.53. The van der Waals surface area contributed by atoms with Gasteiger partial charge in [0.2, 0.25) is 0 Å². The van der Waals surface area contributed by atoms with Gasteiger partial charge in [-0.1, -0.05) is 41.6 Å². The predicted molar refractivity (Wildman–Crippen MR) is 116 cm³/mol. The van der Waals surface area contributed by atoms with Gasteiger partial charge in [-0.2, -0.15) is 0 Å². The maximum Gasteiger partial charge on any atom is 0.273 e. The van der Waals surface area contributed by atoms with Crippen molar-refractivity contribution in [3.63, 3.8) is 0 Å². The molecular weight excluding hydrogens is 412 g/mol. The molecule has 3 aromatic rings. The van der Waals surface area contributed by atoms with Crippen LogP contribution in [0.25, 0.3) is 5.69 Å².